The fourth-order valence-electron chi connectivity index (χ4n) is 1.46. The third kappa shape index (κ3) is 1.49. The van der Waals surface area contributed by atoms with Crippen LogP contribution in [0.25, 0.3) is 0 Å². The molecule has 1 fully saturated rings. The molecular formula is C9H8F3NO. The standard InChI is InChI=1S/C9H8F3NO/c10-5-1-2-6(11)9(12)8(5)7-3-4-14-13-7/h1-2,7,13H,3-4H2/t7-/m1/s1. The molecule has 5 heteroatoms. The number of benzene rings is 1. The Morgan fingerprint density at radius 1 is 1.21 bits per heavy atom. The van der Waals surface area contributed by atoms with E-state index in [1.807, 2.05) is 0 Å². The lowest BCUT2D eigenvalue weighted by atomic mass is 10.0. The Kier molecular flexibility index (Phi) is 2.43. The van der Waals surface area contributed by atoms with Crippen LogP contribution in [0.1, 0.15) is 18.0 Å². The zero-order chi connectivity index (χ0) is 10.1. The summed E-state index contributed by atoms with van der Waals surface area (Å²) in [6.45, 7) is 0.361. The fraction of sp³-hybridized carbons (Fsp3) is 0.333. The van der Waals surface area contributed by atoms with Crippen molar-refractivity contribution in [3.05, 3.63) is 35.1 Å². The molecule has 1 aliphatic heterocycles. The van der Waals surface area contributed by atoms with Gasteiger partial charge in [0, 0.05) is 5.56 Å². The van der Waals surface area contributed by atoms with Crippen molar-refractivity contribution in [3.8, 4) is 0 Å². The Morgan fingerprint density at radius 3 is 2.57 bits per heavy atom. The van der Waals surface area contributed by atoms with E-state index in [4.69, 9.17) is 4.84 Å². The molecule has 0 amide bonds. The van der Waals surface area contributed by atoms with Gasteiger partial charge in [0.2, 0.25) is 0 Å². The molecule has 0 aliphatic carbocycles. The molecule has 0 radical (unpaired) electrons. The molecule has 1 saturated heterocycles. The third-order valence-corrected chi connectivity index (χ3v) is 2.16. The van der Waals surface area contributed by atoms with E-state index in [2.05, 4.69) is 5.48 Å². The molecule has 2 rings (SSSR count). The van der Waals surface area contributed by atoms with Gasteiger partial charge in [0.25, 0.3) is 0 Å². The molecule has 1 aromatic rings. The normalized spacial score (nSPS) is 21.5. The molecule has 14 heavy (non-hydrogen) atoms. The van der Waals surface area contributed by atoms with E-state index in [1.54, 1.807) is 0 Å². The predicted octanol–water partition coefficient (Wildman–Crippen LogP) is 2.07. The quantitative estimate of drug-likeness (QED) is 0.705. The molecular weight excluding hydrogens is 195 g/mol. The van der Waals surface area contributed by atoms with E-state index in [0.29, 0.717) is 13.0 Å². The molecule has 1 aliphatic rings. The monoisotopic (exact) mass is 203 g/mol. The molecule has 1 atom stereocenters. The minimum Gasteiger partial charge on any atom is -0.301 e. The Hall–Kier alpha value is -1.07. The highest BCUT2D eigenvalue weighted by molar-refractivity contribution is 5.24. The van der Waals surface area contributed by atoms with Gasteiger partial charge in [0.05, 0.1) is 12.6 Å². The first-order valence-corrected chi connectivity index (χ1v) is 4.21. The van der Waals surface area contributed by atoms with Gasteiger partial charge in [0.15, 0.2) is 11.6 Å². The maximum absolute atomic E-state index is 13.2. The fourth-order valence-corrected chi connectivity index (χ4v) is 1.46. The van der Waals surface area contributed by atoms with E-state index in [-0.39, 0.29) is 5.56 Å². The summed E-state index contributed by atoms with van der Waals surface area (Å²) in [6.07, 6.45) is 0.428. The summed E-state index contributed by atoms with van der Waals surface area (Å²) in [7, 11) is 0. The van der Waals surface area contributed by atoms with E-state index < -0.39 is 23.5 Å². The van der Waals surface area contributed by atoms with E-state index in [9.17, 15) is 13.2 Å². The van der Waals surface area contributed by atoms with Gasteiger partial charge in [-0.2, -0.15) is 5.48 Å². The van der Waals surface area contributed by atoms with Crippen LogP contribution in [0.5, 0.6) is 0 Å². The van der Waals surface area contributed by atoms with E-state index >= 15 is 0 Å². The molecule has 0 spiro atoms. The highest BCUT2D eigenvalue weighted by atomic mass is 19.2. The molecule has 76 valence electrons. The number of hydrogen-bond acceptors (Lipinski definition) is 2. The minimum atomic E-state index is -1.15. The largest absolute Gasteiger partial charge is 0.301 e. The molecule has 0 aromatic heterocycles. The first kappa shape index (κ1) is 9.48. The van der Waals surface area contributed by atoms with Crippen molar-refractivity contribution in [2.24, 2.45) is 0 Å². The van der Waals surface area contributed by atoms with E-state index in [0.717, 1.165) is 12.1 Å². The summed E-state index contributed by atoms with van der Waals surface area (Å²) >= 11 is 0. The van der Waals surface area contributed by atoms with Crippen LogP contribution in [0.3, 0.4) is 0 Å². The van der Waals surface area contributed by atoms with Gasteiger partial charge in [-0.05, 0) is 18.6 Å². The highest BCUT2D eigenvalue weighted by Gasteiger charge is 2.25. The second kappa shape index (κ2) is 3.59. The summed E-state index contributed by atoms with van der Waals surface area (Å²) in [5, 5.41) is 0. The number of nitrogens with one attached hydrogen (secondary N) is 1. The molecule has 1 N–H and O–H groups in total. The first-order chi connectivity index (χ1) is 6.70. The number of halogens is 3. The summed E-state index contributed by atoms with van der Waals surface area (Å²) in [5.41, 5.74) is 2.15. The summed E-state index contributed by atoms with van der Waals surface area (Å²) < 4.78 is 39.2. The smallest absolute Gasteiger partial charge is 0.166 e. The Balaban J connectivity index is 2.44. The van der Waals surface area contributed by atoms with Crippen molar-refractivity contribution in [1.29, 1.82) is 0 Å². The maximum atomic E-state index is 13.2. The van der Waals surface area contributed by atoms with Gasteiger partial charge in [-0.3, -0.25) is 0 Å². The molecule has 1 heterocycles. The minimum absolute atomic E-state index is 0.289. The van der Waals surface area contributed by atoms with Crippen molar-refractivity contribution in [2.45, 2.75) is 12.5 Å². The van der Waals surface area contributed by atoms with Crippen molar-refractivity contribution in [2.75, 3.05) is 6.61 Å². The van der Waals surface area contributed by atoms with Gasteiger partial charge in [0.1, 0.15) is 5.82 Å². The van der Waals surface area contributed by atoms with Crippen LogP contribution in [0.2, 0.25) is 0 Å². The topological polar surface area (TPSA) is 21.3 Å². The number of hydroxylamine groups is 1. The molecule has 0 saturated carbocycles. The van der Waals surface area contributed by atoms with Crippen LogP contribution >= 0.6 is 0 Å². The number of rotatable bonds is 1. The van der Waals surface area contributed by atoms with Crippen LogP contribution in [-0.4, -0.2) is 6.61 Å². The second-order valence-electron chi connectivity index (χ2n) is 3.06. The van der Waals surface area contributed by atoms with E-state index in [1.165, 1.54) is 0 Å². The lowest BCUT2D eigenvalue weighted by Gasteiger charge is -2.11. The van der Waals surface area contributed by atoms with Crippen LogP contribution in [-0.2, 0) is 4.84 Å². The summed E-state index contributed by atoms with van der Waals surface area (Å²) in [5.74, 6) is -2.95. The van der Waals surface area contributed by atoms with Gasteiger partial charge in [-0.15, -0.1) is 0 Å². The van der Waals surface area contributed by atoms with Crippen LogP contribution in [0, 0.1) is 17.5 Å². The summed E-state index contributed by atoms with van der Waals surface area (Å²) in [4.78, 5) is 4.76. The molecule has 2 nitrogen and oxygen atoms in total. The molecule has 0 bridgehead atoms. The Bertz CT molecular complexity index is 350. The van der Waals surface area contributed by atoms with Crippen LogP contribution < -0.4 is 5.48 Å². The average Bonchev–Trinajstić information content (AvgIpc) is 2.65. The van der Waals surface area contributed by atoms with Gasteiger partial charge >= 0.3 is 0 Å². The van der Waals surface area contributed by atoms with Crippen molar-refractivity contribution in [3.63, 3.8) is 0 Å². The maximum Gasteiger partial charge on any atom is 0.166 e. The second-order valence-corrected chi connectivity index (χ2v) is 3.06. The highest BCUT2D eigenvalue weighted by Crippen LogP contribution is 2.27. The van der Waals surface area contributed by atoms with Gasteiger partial charge in [-0.1, -0.05) is 0 Å². The van der Waals surface area contributed by atoms with Crippen molar-refractivity contribution in [1.82, 2.24) is 5.48 Å². The summed E-state index contributed by atoms with van der Waals surface area (Å²) in [6, 6.07) is 1.07. The molecule has 1 aromatic carbocycles. The first-order valence-electron chi connectivity index (χ1n) is 4.21. The third-order valence-electron chi connectivity index (χ3n) is 2.16. The van der Waals surface area contributed by atoms with Crippen LogP contribution in [0.15, 0.2) is 12.1 Å². The molecule has 0 unspecified atom stereocenters. The predicted molar refractivity (Wildman–Crippen MR) is 42.8 cm³/mol. The lowest BCUT2D eigenvalue weighted by Crippen LogP contribution is -2.15. The SMILES string of the molecule is Fc1ccc(F)c([C@H]2CCON2)c1F. The average molecular weight is 203 g/mol. The number of hydrogen-bond donors (Lipinski definition) is 1. The van der Waals surface area contributed by atoms with Crippen molar-refractivity contribution < 1.29 is 18.0 Å². The zero-order valence-corrected chi connectivity index (χ0v) is 7.19. The lowest BCUT2D eigenvalue weighted by molar-refractivity contribution is 0.0870. The van der Waals surface area contributed by atoms with Crippen LogP contribution in [0.4, 0.5) is 13.2 Å². The van der Waals surface area contributed by atoms with Gasteiger partial charge < -0.3 is 4.84 Å². The zero-order valence-electron chi connectivity index (χ0n) is 7.19. The van der Waals surface area contributed by atoms with Gasteiger partial charge in [-0.25, -0.2) is 13.2 Å². The Labute approximate surface area is 78.6 Å². The van der Waals surface area contributed by atoms with Crippen molar-refractivity contribution >= 4 is 0 Å². The Morgan fingerprint density at radius 2 is 1.93 bits per heavy atom.